The summed E-state index contributed by atoms with van der Waals surface area (Å²) in [7, 11) is 1.37. The minimum absolute atomic E-state index is 0.179. The summed E-state index contributed by atoms with van der Waals surface area (Å²) in [5, 5.41) is 13.7. The predicted molar refractivity (Wildman–Crippen MR) is 149 cm³/mol. The first-order valence-electron chi connectivity index (χ1n) is 12.3. The van der Waals surface area contributed by atoms with Gasteiger partial charge in [-0.2, -0.15) is 5.26 Å². The minimum Gasteiger partial charge on any atom is -0.465 e. The van der Waals surface area contributed by atoms with Crippen molar-refractivity contribution in [2.75, 3.05) is 18.2 Å². The number of hydrogen-bond donors (Lipinski definition) is 1. The van der Waals surface area contributed by atoms with Gasteiger partial charge in [0.15, 0.2) is 0 Å². The Hall–Kier alpha value is -3.15. The molecule has 2 heterocycles. The zero-order chi connectivity index (χ0) is 26.6. The van der Waals surface area contributed by atoms with E-state index in [0.717, 1.165) is 41.0 Å². The van der Waals surface area contributed by atoms with E-state index in [1.54, 1.807) is 6.07 Å². The van der Waals surface area contributed by atoms with Crippen LogP contribution in [-0.4, -0.2) is 29.7 Å². The number of esters is 1. The zero-order valence-electron chi connectivity index (χ0n) is 21.6. The third-order valence-corrected chi connectivity index (χ3v) is 8.91. The minimum atomic E-state index is -0.406. The molecule has 1 atom stereocenters. The normalized spacial score (nSPS) is 14.9. The summed E-state index contributed by atoms with van der Waals surface area (Å²) in [6.45, 7) is 6.75. The van der Waals surface area contributed by atoms with E-state index in [2.05, 4.69) is 37.1 Å². The van der Waals surface area contributed by atoms with E-state index in [0.29, 0.717) is 32.8 Å². The molecule has 1 aliphatic rings. The van der Waals surface area contributed by atoms with Crippen LogP contribution in [0.2, 0.25) is 0 Å². The number of rotatable bonds is 7. The first-order chi connectivity index (χ1) is 17.7. The van der Waals surface area contributed by atoms with Crippen LogP contribution in [-0.2, 0) is 22.4 Å². The van der Waals surface area contributed by atoms with Gasteiger partial charge in [0.2, 0.25) is 5.91 Å². The Morgan fingerprint density at radius 1 is 1.22 bits per heavy atom. The second-order valence-electron chi connectivity index (χ2n) is 10.2. The SMILES string of the molecule is COC(=O)c1c(NC(=O)CCSc2nc(-c3ccccc3)ccc2C#N)sc2c1CCC(C(C)(C)C)C2. The summed E-state index contributed by atoms with van der Waals surface area (Å²) in [5.41, 5.74) is 3.94. The van der Waals surface area contributed by atoms with Crippen molar-refractivity contribution in [3.8, 4) is 17.3 Å². The molecular weight excluding hydrogens is 502 g/mol. The van der Waals surface area contributed by atoms with Gasteiger partial charge >= 0.3 is 5.97 Å². The lowest BCUT2D eigenvalue weighted by molar-refractivity contribution is -0.115. The van der Waals surface area contributed by atoms with E-state index in [1.165, 1.54) is 30.2 Å². The lowest BCUT2D eigenvalue weighted by Crippen LogP contribution is -2.26. The maximum atomic E-state index is 12.9. The highest BCUT2D eigenvalue weighted by molar-refractivity contribution is 7.99. The van der Waals surface area contributed by atoms with Crippen LogP contribution in [0.5, 0.6) is 0 Å². The number of fused-ring (bicyclic) bond motifs is 1. The molecule has 2 aromatic heterocycles. The molecule has 0 bridgehead atoms. The molecular formula is C29H31N3O3S2. The fraction of sp³-hybridized carbons (Fsp3) is 0.379. The predicted octanol–water partition coefficient (Wildman–Crippen LogP) is 6.74. The molecule has 1 N–H and O–H groups in total. The largest absolute Gasteiger partial charge is 0.465 e. The van der Waals surface area contributed by atoms with Gasteiger partial charge in [-0.15, -0.1) is 23.1 Å². The van der Waals surface area contributed by atoms with Crippen LogP contribution in [0.15, 0.2) is 47.5 Å². The molecule has 4 rings (SSSR count). The second-order valence-corrected chi connectivity index (χ2v) is 12.4. The summed E-state index contributed by atoms with van der Waals surface area (Å²) in [6, 6.07) is 15.6. The number of benzene rings is 1. The number of thioether (sulfide) groups is 1. The van der Waals surface area contributed by atoms with Crippen molar-refractivity contribution in [1.82, 2.24) is 4.98 Å². The number of hydrogen-bond acceptors (Lipinski definition) is 7. The maximum absolute atomic E-state index is 12.9. The van der Waals surface area contributed by atoms with Crippen LogP contribution in [0.25, 0.3) is 11.3 Å². The molecule has 0 spiro atoms. The lowest BCUT2D eigenvalue weighted by Gasteiger charge is -2.33. The molecule has 1 unspecified atom stereocenters. The van der Waals surface area contributed by atoms with Gasteiger partial charge in [0, 0.05) is 22.6 Å². The summed E-state index contributed by atoms with van der Waals surface area (Å²) in [5.74, 6) is 0.396. The molecule has 37 heavy (non-hydrogen) atoms. The molecule has 0 fully saturated rings. The Morgan fingerprint density at radius 2 is 1.97 bits per heavy atom. The van der Waals surface area contributed by atoms with Gasteiger partial charge in [-0.25, -0.2) is 9.78 Å². The Labute approximate surface area is 226 Å². The van der Waals surface area contributed by atoms with Crippen LogP contribution in [0.1, 0.15) is 60.0 Å². The number of methoxy groups -OCH3 is 1. The quantitative estimate of drug-likeness (QED) is 0.267. The van der Waals surface area contributed by atoms with Crippen molar-refractivity contribution < 1.29 is 14.3 Å². The van der Waals surface area contributed by atoms with Gasteiger partial charge in [-0.3, -0.25) is 4.79 Å². The van der Waals surface area contributed by atoms with Crippen LogP contribution in [0.4, 0.5) is 5.00 Å². The van der Waals surface area contributed by atoms with E-state index >= 15 is 0 Å². The molecule has 0 radical (unpaired) electrons. The standard InChI is InChI=1S/C29H31N3O3S2/c1-29(2,3)20-11-12-21-23(16-20)37-27(25(21)28(34)35-4)32-24(33)14-15-36-26-19(17-30)10-13-22(31-26)18-8-6-5-7-9-18/h5-10,13,20H,11-12,14-16H2,1-4H3,(H,32,33). The van der Waals surface area contributed by atoms with Crippen molar-refractivity contribution in [2.24, 2.45) is 11.3 Å². The number of nitrogens with one attached hydrogen (secondary N) is 1. The second kappa shape index (κ2) is 11.5. The maximum Gasteiger partial charge on any atom is 0.341 e. The number of nitrogens with zero attached hydrogens (tertiary/aromatic N) is 2. The van der Waals surface area contributed by atoms with Crippen molar-refractivity contribution in [2.45, 2.75) is 51.5 Å². The lowest BCUT2D eigenvalue weighted by atomic mass is 9.72. The number of amides is 1. The first kappa shape index (κ1) is 26.9. The van der Waals surface area contributed by atoms with Crippen LogP contribution < -0.4 is 5.32 Å². The monoisotopic (exact) mass is 533 g/mol. The van der Waals surface area contributed by atoms with E-state index < -0.39 is 5.97 Å². The molecule has 192 valence electrons. The molecule has 1 aliphatic carbocycles. The third-order valence-electron chi connectivity index (χ3n) is 6.75. The highest BCUT2D eigenvalue weighted by atomic mass is 32.2. The molecule has 0 saturated heterocycles. The zero-order valence-corrected chi connectivity index (χ0v) is 23.2. The summed E-state index contributed by atoms with van der Waals surface area (Å²) in [4.78, 5) is 31.4. The number of ether oxygens (including phenoxy) is 1. The number of thiophene rings is 1. The Bertz CT molecular complexity index is 1340. The van der Waals surface area contributed by atoms with Gasteiger partial charge in [-0.05, 0) is 48.3 Å². The topological polar surface area (TPSA) is 92.1 Å². The van der Waals surface area contributed by atoms with Crippen molar-refractivity contribution in [3.63, 3.8) is 0 Å². The average molecular weight is 534 g/mol. The molecule has 3 aromatic rings. The van der Waals surface area contributed by atoms with Gasteiger partial charge in [0.25, 0.3) is 0 Å². The van der Waals surface area contributed by atoms with Gasteiger partial charge in [0.1, 0.15) is 16.1 Å². The number of carbonyl (C=O) groups is 2. The first-order valence-corrected chi connectivity index (χ1v) is 14.1. The van der Waals surface area contributed by atoms with Gasteiger partial charge < -0.3 is 10.1 Å². The number of carbonyl (C=O) groups excluding carboxylic acids is 2. The summed E-state index contributed by atoms with van der Waals surface area (Å²) < 4.78 is 5.06. The smallest absolute Gasteiger partial charge is 0.341 e. The fourth-order valence-corrected chi connectivity index (χ4v) is 6.81. The molecule has 8 heteroatoms. The van der Waals surface area contributed by atoms with Gasteiger partial charge in [0.05, 0.1) is 23.9 Å². The number of anilines is 1. The Balaban J connectivity index is 1.45. The van der Waals surface area contributed by atoms with E-state index in [-0.39, 0.29) is 17.7 Å². The molecule has 1 aromatic carbocycles. The molecule has 6 nitrogen and oxygen atoms in total. The number of nitriles is 1. The summed E-state index contributed by atoms with van der Waals surface area (Å²) in [6.07, 6.45) is 2.95. The molecule has 1 amide bonds. The number of pyridine rings is 1. The van der Waals surface area contributed by atoms with Crippen LogP contribution >= 0.6 is 23.1 Å². The fourth-order valence-electron chi connectivity index (χ4n) is 4.57. The van der Waals surface area contributed by atoms with Crippen molar-refractivity contribution in [1.29, 1.82) is 5.26 Å². The van der Waals surface area contributed by atoms with E-state index in [4.69, 9.17) is 4.74 Å². The molecule has 0 saturated carbocycles. The van der Waals surface area contributed by atoms with Gasteiger partial charge in [-0.1, -0.05) is 51.1 Å². The average Bonchev–Trinajstić information content (AvgIpc) is 3.25. The van der Waals surface area contributed by atoms with Crippen molar-refractivity contribution >= 4 is 40.0 Å². The van der Waals surface area contributed by atoms with E-state index in [1.807, 2.05) is 36.4 Å². The number of aromatic nitrogens is 1. The Morgan fingerprint density at radius 3 is 2.65 bits per heavy atom. The van der Waals surface area contributed by atoms with Crippen LogP contribution in [0.3, 0.4) is 0 Å². The van der Waals surface area contributed by atoms with Crippen molar-refractivity contribution in [3.05, 3.63) is 64.0 Å². The summed E-state index contributed by atoms with van der Waals surface area (Å²) >= 11 is 2.88. The van der Waals surface area contributed by atoms with E-state index in [9.17, 15) is 14.9 Å². The Kier molecular flexibility index (Phi) is 8.35. The third kappa shape index (κ3) is 6.23. The highest BCUT2D eigenvalue weighted by Gasteiger charge is 2.34. The molecule has 0 aliphatic heterocycles. The van der Waals surface area contributed by atoms with Crippen LogP contribution in [0, 0.1) is 22.7 Å². The highest BCUT2D eigenvalue weighted by Crippen LogP contribution is 2.44.